The Morgan fingerprint density at radius 3 is 2.95 bits per heavy atom. The molecule has 1 fully saturated rings. The molecule has 0 aliphatic heterocycles. The molecular weight excluding hydrogens is 248 g/mol. The number of hydrogen-bond donors (Lipinski definition) is 1. The van der Waals surface area contributed by atoms with Gasteiger partial charge in [0.15, 0.2) is 5.78 Å². The number of carbonyl (C=O) groups is 1. The number of aliphatic hydroxyl groups is 1. The molecule has 20 heavy (non-hydrogen) atoms. The first kappa shape index (κ1) is 12.6. The summed E-state index contributed by atoms with van der Waals surface area (Å²) in [6.45, 7) is 1.99. The van der Waals surface area contributed by atoms with Gasteiger partial charge >= 0.3 is 0 Å². The lowest BCUT2D eigenvalue weighted by atomic mass is 9.65. The van der Waals surface area contributed by atoms with E-state index < -0.39 is 5.60 Å². The van der Waals surface area contributed by atoms with E-state index in [0.29, 0.717) is 30.0 Å². The predicted octanol–water partition coefficient (Wildman–Crippen LogP) is 3.33. The van der Waals surface area contributed by atoms with Crippen LogP contribution in [0, 0.1) is 17.8 Å². The Morgan fingerprint density at radius 2 is 2.10 bits per heavy atom. The first-order valence-corrected chi connectivity index (χ1v) is 7.94. The van der Waals surface area contributed by atoms with Crippen LogP contribution in [0.25, 0.3) is 0 Å². The van der Waals surface area contributed by atoms with Crippen LogP contribution in [0.2, 0.25) is 0 Å². The number of carbonyl (C=O) groups excluding carboxylic acids is 1. The molecule has 0 saturated heterocycles. The minimum atomic E-state index is -0.518. The van der Waals surface area contributed by atoms with Crippen molar-refractivity contribution >= 4 is 5.78 Å². The first-order valence-electron chi connectivity index (χ1n) is 7.94. The molecule has 2 heteroatoms. The molecule has 4 aliphatic carbocycles. The highest BCUT2D eigenvalue weighted by Crippen LogP contribution is 2.54. The van der Waals surface area contributed by atoms with Gasteiger partial charge in [-0.25, -0.2) is 0 Å². The van der Waals surface area contributed by atoms with Gasteiger partial charge in [0.2, 0.25) is 0 Å². The second-order valence-electron chi connectivity index (χ2n) is 7.16. The van der Waals surface area contributed by atoms with Crippen molar-refractivity contribution in [3.05, 3.63) is 34.9 Å². The van der Waals surface area contributed by atoms with Gasteiger partial charge in [-0.1, -0.05) is 12.2 Å². The fourth-order valence-corrected chi connectivity index (χ4v) is 4.95. The molecule has 0 bridgehead atoms. The SMILES string of the molecule is C[C@]1(O)CCC2C3CCC4=CC(=O)CCC4=C3C=CC21. The molecule has 0 aromatic rings. The van der Waals surface area contributed by atoms with Gasteiger partial charge < -0.3 is 5.11 Å². The van der Waals surface area contributed by atoms with Crippen LogP contribution in [0.4, 0.5) is 0 Å². The van der Waals surface area contributed by atoms with E-state index in [0.717, 1.165) is 32.1 Å². The number of ketones is 1. The van der Waals surface area contributed by atoms with Crippen LogP contribution in [0.3, 0.4) is 0 Å². The molecular formula is C18H22O2. The van der Waals surface area contributed by atoms with E-state index in [4.69, 9.17) is 0 Å². The summed E-state index contributed by atoms with van der Waals surface area (Å²) < 4.78 is 0. The summed E-state index contributed by atoms with van der Waals surface area (Å²) in [4.78, 5) is 11.6. The third kappa shape index (κ3) is 1.70. The summed E-state index contributed by atoms with van der Waals surface area (Å²) in [5, 5.41) is 10.5. The van der Waals surface area contributed by atoms with Crippen molar-refractivity contribution in [2.45, 2.75) is 51.0 Å². The molecule has 0 radical (unpaired) electrons. The molecule has 0 aromatic carbocycles. The van der Waals surface area contributed by atoms with E-state index in [-0.39, 0.29) is 0 Å². The average Bonchev–Trinajstić information content (AvgIpc) is 2.74. The van der Waals surface area contributed by atoms with Crippen LogP contribution in [0.1, 0.15) is 45.4 Å². The third-order valence-electron chi connectivity index (χ3n) is 5.98. The average molecular weight is 270 g/mol. The highest BCUT2D eigenvalue weighted by molar-refractivity contribution is 5.93. The van der Waals surface area contributed by atoms with Gasteiger partial charge in [0.05, 0.1) is 5.60 Å². The Bertz CT molecular complexity index is 562. The number of allylic oxidation sites excluding steroid dienone is 5. The zero-order valence-corrected chi connectivity index (χ0v) is 12.1. The van der Waals surface area contributed by atoms with Crippen LogP contribution in [-0.2, 0) is 4.79 Å². The highest BCUT2D eigenvalue weighted by atomic mass is 16.3. The van der Waals surface area contributed by atoms with E-state index in [9.17, 15) is 9.90 Å². The van der Waals surface area contributed by atoms with E-state index in [1.165, 1.54) is 16.7 Å². The lowest BCUT2D eigenvalue weighted by Gasteiger charge is -2.40. The van der Waals surface area contributed by atoms with Crippen LogP contribution in [-0.4, -0.2) is 16.5 Å². The Morgan fingerprint density at radius 1 is 1.25 bits per heavy atom. The normalized spacial score (nSPS) is 43.0. The van der Waals surface area contributed by atoms with Gasteiger partial charge in [-0.15, -0.1) is 0 Å². The van der Waals surface area contributed by atoms with Crippen molar-refractivity contribution in [3.63, 3.8) is 0 Å². The topological polar surface area (TPSA) is 37.3 Å². The molecule has 0 aromatic heterocycles. The summed E-state index contributed by atoms with van der Waals surface area (Å²) >= 11 is 0. The van der Waals surface area contributed by atoms with Crippen molar-refractivity contribution in [2.24, 2.45) is 17.8 Å². The summed E-state index contributed by atoms with van der Waals surface area (Å²) in [5.74, 6) is 1.84. The molecule has 1 N–H and O–H groups in total. The number of hydrogen-bond acceptors (Lipinski definition) is 2. The summed E-state index contributed by atoms with van der Waals surface area (Å²) in [6, 6.07) is 0. The monoisotopic (exact) mass is 270 g/mol. The Balaban J connectivity index is 1.78. The molecule has 2 nitrogen and oxygen atoms in total. The van der Waals surface area contributed by atoms with Gasteiger partial charge in [0, 0.05) is 12.3 Å². The van der Waals surface area contributed by atoms with Gasteiger partial charge in [0.25, 0.3) is 0 Å². The Kier molecular flexibility index (Phi) is 2.62. The minimum absolute atomic E-state index is 0.296. The zero-order chi connectivity index (χ0) is 13.9. The molecule has 4 aliphatic rings. The first-order chi connectivity index (χ1) is 9.56. The fourth-order valence-electron chi connectivity index (χ4n) is 4.95. The number of rotatable bonds is 0. The van der Waals surface area contributed by atoms with Crippen molar-refractivity contribution in [2.75, 3.05) is 0 Å². The zero-order valence-electron chi connectivity index (χ0n) is 12.1. The van der Waals surface area contributed by atoms with Crippen LogP contribution < -0.4 is 0 Å². The van der Waals surface area contributed by atoms with Crippen molar-refractivity contribution in [1.29, 1.82) is 0 Å². The summed E-state index contributed by atoms with van der Waals surface area (Å²) in [7, 11) is 0. The molecule has 0 spiro atoms. The van der Waals surface area contributed by atoms with Crippen LogP contribution in [0.5, 0.6) is 0 Å². The van der Waals surface area contributed by atoms with Crippen molar-refractivity contribution in [1.82, 2.24) is 0 Å². The molecule has 0 heterocycles. The maximum atomic E-state index is 11.6. The van der Waals surface area contributed by atoms with Crippen molar-refractivity contribution < 1.29 is 9.90 Å². The second-order valence-corrected chi connectivity index (χ2v) is 7.16. The lowest BCUT2D eigenvalue weighted by Crippen LogP contribution is -2.36. The van der Waals surface area contributed by atoms with Gasteiger partial charge in [-0.05, 0) is 73.7 Å². The molecule has 106 valence electrons. The van der Waals surface area contributed by atoms with E-state index in [1.54, 1.807) is 0 Å². The third-order valence-corrected chi connectivity index (χ3v) is 5.98. The van der Waals surface area contributed by atoms with Crippen LogP contribution >= 0.6 is 0 Å². The Labute approximate surface area is 120 Å². The van der Waals surface area contributed by atoms with E-state index in [1.807, 2.05) is 13.0 Å². The molecule has 4 atom stereocenters. The van der Waals surface area contributed by atoms with Gasteiger partial charge in [-0.2, -0.15) is 0 Å². The molecule has 3 unspecified atom stereocenters. The van der Waals surface area contributed by atoms with Crippen molar-refractivity contribution in [3.8, 4) is 0 Å². The lowest BCUT2D eigenvalue weighted by molar-refractivity contribution is -0.114. The molecule has 1 saturated carbocycles. The quantitative estimate of drug-likeness (QED) is 0.733. The molecule has 4 rings (SSSR count). The van der Waals surface area contributed by atoms with Gasteiger partial charge in [0.1, 0.15) is 0 Å². The summed E-state index contributed by atoms with van der Waals surface area (Å²) in [5.41, 5.74) is 3.70. The number of fused-ring (bicyclic) bond motifs is 4. The minimum Gasteiger partial charge on any atom is -0.390 e. The van der Waals surface area contributed by atoms with E-state index >= 15 is 0 Å². The molecule has 0 amide bonds. The van der Waals surface area contributed by atoms with Gasteiger partial charge in [-0.3, -0.25) is 4.79 Å². The second kappa shape index (κ2) is 4.17. The summed E-state index contributed by atoms with van der Waals surface area (Å²) in [6.07, 6.45) is 12.3. The fraction of sp³-hybridized carbons (Fsp3) is 0.611. The largest absolute Gasteiger partial charge is 0.390 e. The van der Waals surface area contributed by atoms with Crippen LogP contribution in [0.15, 0.2) is 34.9 Å². The van der Waals surface area contributed by atoms with E-state index in [2.05, 4.69) is 12.2 Å². The Hall–Kier alpha value is -1.15. The maximum absolute atomic E-state index is 11.6. The standard InChI is InChI=1S/C18H22O2/c1-18(20)9-8-16-15-4-2-11-10-12(19)3-5-13(11)14(15)6-7-17(16)18/h6-7,10,15-17,20H,2-5,8-9H2,1H3/t15?,16?,17?,18-/m0/s1. The maximum Gasteiger partial charge on any atom is 0.156 e. The highest BCUT2D eigenvalue weighted by Gasteiger charge is 2.48. The predicted molar refractivity (Wildman–Crippen MR) is 78.1 cm³/mol. The smallest absolute Gasteiger partial charge is 0.156 e.